The van der Waals surface area contributed by atoms with Gasteiger partial charge in [0.2, 0.25) is 0 Å². The van der Waals surface area contributed by atoms with Crippen molar-refractivity contribution in [2.45, 2.75) is 48.7 Å². The van der Waals surface area contributed by atoms with Gasteiger partial charge in [0.25, 0.3) is 0 Å². The average Bonchev–Trinajstić information content (AvgIpc) is 3.88. The predicted octanol–water partition coefficient (Wildman–Crippen LogP) is 13.2. The number of anilines is 1. The molecule has 1 aliphatic rings. The van der Waals surface area contributed by atoms with Gasteiger partial charge in [-0.15, -0.1) is 5.10 Å². The van der Waals surface area contributed by atoms with E-state index in [1.165, 1.54) is 18.4 Å². The molecule has 0 amide bonds. The molecule has 3 aromatic heterocycles. The van der Waals surface area contributed by atoms with E-state index < -0.39 is 11.1 Å². The lowest BCUT2D eigenvalue weighted by Crippen LogP contribution is -2.39. The molecule has 7 aromatic carbocycles. The first-order valence-corrected chi connectivity index (χ1v) is 24.5. The lowest BCUT2D eigenvalue weighted by atomic mass is 9.77. The number of benzene rings is 7. The summed E-state index contributed by atoms with van der Waals surface area (Å²) < 4.78 is 2.05. The number of hydrogen-bond donors (Lipinski definition) is 2. The minimum Gasteiger partial charge on any atom is -0.353 e. The SMILES string of the molecule is C(/CN[C@H]1CC[C@H](c2ccccc2)CC1)=C(\c1cccnc1)c1cc(NC(c2ccccc2)(c2ccccc2)c2ccccc2)nc2c1nnn2C(c1ccccc1)(c1ccccc1)c1ccccc1. The number of hydrogen-bond acceptors (Lipinski definition) is 6. The maximum absolute atomic E-state index is 5.73. The molecule has 0 spiro atoms. The fourth-order valence-electron chi connectivity index (χ4n) is 10.9. The van der Waals surface area contributed by atoms with Crippen LogP contribution in [0.3, 0.4) is 0 Å². The molecule has 1 saturated carbocycles. The fraction of sp³-hybridized carbons (Fsp3) is 0.143. The van der Waals surface area contributed by atoms with E-state index in [-0.39, 0.29) is 0 Å². The van der Waals surface area contributed by atoms with Crippen LogP contribution in [0.15, 0.2) is 249 Å². The first kappa shape index (κ1) is 44.3. The molecule has 11 rings (SSSR count). The molecule has 0 aliphatic heterocycles. The van der Waals surface area contributed by atoms with E-state index in [2.05, 4.69) is 251 Å². The van der Waals surface area contributed by atoms with Crippen LogP contribution in [0.25, 0.3) is 16.7 Å². The lowest BCUT2D eigenvalue weighted by molar-refractivity contribution is 0.351. The quantitative estimate of drug-likeness (QED) is 0.0998. The molecule has 1 aliphatic carbocycles. The van der Waals surface area contributed by atoms with Crippen molar-refractivity contribution in [3.05, 3.63) is 299 Å². The van der Waals surface area contributed by atoms with Gasteiger partial charge in [0.15, 0.2) is 5.65 Å². The Balaban J connectivity index is 1.14. The number of pyridine rings is 2. The highest BCUT2D eigenvalue weighted by molar-refractivity contribution is 5.94. The van der Waals surface area contributed by atoms with Gasteiger partial charge in [-0.3, -0.25) is 4.98 Å². The van der Waals surface area contributed by atoms with Gasteiger partial charge in [-0.2, -0.15) is 0 Å². The van der Waals surface area contributed by atoms with Crippen molar-refractivity contribution in [2.75, 3.05) is 11.9 Å². The molecule has 3 heterocycles. The van der Waals surface area contributed by atoms with E-state index in [4.69, 9.17) is 15.3 Å². The van der Waals surface area contributed by atoms with Crippen LogP contribution >= 0.6 is 0 Å². The summed E-state index contributed by atoms with van der Waals surface area (Å²) in [6.45, 7) is 0.662. The first-order chi connectivity index (χ1) is 34.7. The van der Waals surface area contributed by atoms with E-state index in [0.29, 0.717) is 35.5 Å². The Morgan fingerprint density at radius 1 is 0.543 bits per heavy atom. The van der Waals surface area contributed by atoms with Crippen LogP contribution in [-0.4, -0.2) is 37.5 Å². The second kappa shape index (κ2) is 20.1. The van der Waals surface area contributed by atoms with E-state index in [1.807, 2.05) is 18.5 Å². The number of aromatic nitrogens is 5. The summed E-state index contributed by atoms with van der Waals surface area (Å²) in [4.78, 5) is 10.4. The van der Waals surface area contributed by atoms with Gasteiger partial charge in [-0.25, -0.2) is 9.67 Å². The maximum atomic E-state index is 5.73. The summed E-state index contributed by atoms with van der Waals surface area (Å²) in [6.07, 6.45) is 10.7. The third kappa shape index (κ3) is 8.50. The molecule has 2 N–H and O–H groups in total. The van der Waals surface area contributed by atoms with Crippen LogP contribution in [0.1, 0.15) is 81.7 Å². The zero-order chi connectivity index (χ0) is 47.0. The Bertz CT molecular complexity index is 3070. The van der Waals surface area contributed by atoms with Gasteiger partial charge in [0.05, 0.1) is 0 Å². The van der Waals surface area contributed by atoms with Crippen LogP contribution in [0, 0.1) is 0 Å². The molecule has 70 heavy (non-hydrogen) atoms. The Kier molecular flexibility index (Phi) is 12.7. The van der Waals surface area contributed by atoms with Crippen molar-refractivity contribution < 1.29 is 0 Å². The Morgan fingerprint density at radius 3 is 1.49 bits per heavy atom. The molecule has 342 valence electrons. The largest absolute Gasteiger partial charge is 0.353 e. The third-order valence-electron chi connectivity index (χ3n) is 14.2. The Labute approximate surface area is 410 Å². The van der Waals surface area contributed by atoms with Crippen molar-refractivity contribution in [1.29, 1.82) is 0 Å². The van der Waals surface area contributed by atoms with E-state index >= 15 is 0 Å². The molecule has 1 fully saturated rings. The molecule has 0 atom stereocenters. The monoisotopic (exact) mass is 909 g/mol. The summed E-state index contributed by atoms with van der Waals surface area (Å²) in [7, 11) is 0. The fourth-order valence-corrected chi connectivity index (χ4v) is 10.9. The molecule has 0 radical (unpaired) electrons. The molecule has 0 bridgehead atoms. The summed E-state index contributed by atoms with van der Waals surface area (Å²) >= 11 is 0. The smallest absolute Gasteiger partial charge is 0.182 e. The van der Waals surface area contributed by atoms with Gasteiger partial charge >= 0.3 is 0 Å². The van der Waals surface area contributed by atoms with Gasteiger partial charge < -0.3 is 10.6 Å². The highest BCUT2D eigenvalue weighted by Gasteiger charge is 2.43. The van der Waals surface area contributed by atoms with Gasteiger partial charge in [-0.05, 0) is 88.3 Å². The lowest BCUT2D eigenvalue weighted by Gasteiger charge is -2.38. The molecule has 10 aromatic rings. The number of nitrogens with one attached hydrogen (secondary N) is 2. The highest BCUT2D eigenvalue weighted by atomic mass is 15.5. The van der Waals surface area contributed by atoms with Crippen LogP contribution in [0.2, 0.25) is 0 Å². The first-order valence-electron chi connectivity index (χ1n) is 24.5. The van der Waals surface area contributed by atoms with Crippen molar-refractivity contribution in [3.8, 4) is 0 Å². The summed E-state index contributed by atoms with van der Waals surface area (Å²) in [6, 6.07) is 81.6. The van der Waals surface area contributed by atoms with E-state index in [1.54, 1.807) is 0 Å². The van der Waals surface area contributed by atoms with Gasteiger partial charge in [0, 0.05) is 36.1 Å². The minimum atomic E-state index is -0.977. The van der Waals surface area contributed by atoms with E-state index in [9.17, 15) is 0 Å². The normalized spacial score (nSPS) is 15.4. The topological polar surface area (TPSA) is 80.6 Å². The molecule has 7 nitrogen and oxygen atoms in total. The van der Waals surface area contributed by atoms with Crippen LogP contribution in [-0.2, 0) is 11.1 Å². The minimum absolute atomic E-state index is 0.411. The van der Waals surface area contributed by atoms with Gasteiger partial charge in [0.1, 0.15) is 22.4 Å². The molecule has 0 saturated heterocycles. The Morgan fingerprint density at radius 2 is 1.01 bits per heavy atom. The van der Waals surface area contributed by atoms with Crippen LogP contribution in [0.5, 0.6) is 0 Å². The summed E-state index contributed by atoms with van der Waals surface area (Å²) in [5, 5.41) is 18.6. The molecule has 7 heteroatoms. The zero-order valence-electron chi connectivity index (χ0n) is 39.1. The van der Waals surface area contributed by atoms with Crippen molar-refractivity contribution in [1.82, 2.24) is 30.3 Å². The third-order valence-corrected chi connectivity index (χ3v) is 14.2. The van der Waals surface area contributed by atoms with Crippen molar-refractivity contribution >= 4 is 22.6 Å². The molecule has 0 unspecified atom stereocenters. The molecular formula is C63H55N7. The van der Waals surface area contributed by atoms with Crippen LogP contribution < -0.4 is 10.6 Å². The van der Waals surface area contributed by atoms with Crippen molar-refractivity contribution in [3.63, 3.8) is 0 Å². The number of fused-ring (bicyclic) bond motifs is 1. The van der Waals surface area contributed by atoms with Crippen molar-refractivity contribution in [2.24, 2.45) is 0 Å². The second-order valence-electron chi connectivity index (χ2n) is 18.2. The average molecular weight is 910 g/mol. The maximum Gasteiger partial charge on any atom is 0.182 e. The summed E-state index contributed by atoms with van der Waals surface area (Å²) in [5.41, 5.74) is 10.1. The Hall–Kier alpha value is -8.26. The zero-order valence-corrected chi connectivity index (χ0v) is 39.1. The van der Waals surface area contributed by atoms with E-state index in [0.717, 1.165) is 62.9 Å². The number of nitrogens with zero attached hydrogens (tertiary/aromatic N) is 5. The second-order valence-corrected chi connectivity index (χ2v) is 18.2. The van der Waals surface area contributed by atoms with Gasteiger partial charge in [-0.1, -0.05) is 230 Å². The van der Waals surface area contributed by atoms with Crippen LogP contribution in [0.4, 0.5) is 5.82 Å². The standard InChI is InChI=1S/C63H55N7/c1-8-23-47(24-9-1)48-38-40-56(41-39-48)65-44-42-57(49-25-22-43-64-46-49)58-45-59(67-62(50-26-10-2-11-27-50,51-28-12-3-13-29-51)52-30-14-4-15-31-52)66-61-60(58)68-69-70(61)63(53-32-16-5-17-33-53,54-34-18-6-19-35-54)55-36-20-7-21-37-55/h1-37,42-43,45-46,48,56,65H,38-41,44H2,(H,66,67)/b57-42-/t48-,56-. The number of rotatable bonds is 15. The molecular weight excluding hydrogens is 855 g/mol. The predicted molar refractivity (Wildman–Crippen MR) is 284 cm³/mol. The summed E-state index contributed by atoms with van der Waals surface area (Å²) in [5.74, 6) is 1.26. The highest BCUT2D eigenvalue weighted by Crippen LogP contribution is 2.45.